The molecule has 3 N–H and O–H groups in total. The van der Waals surface area contributed by atoms with Crippen LogP contribution in [0.15, 0.2) is 54.6 Å². The zero-order valence-corrected chi connectivity index (χ0v) is 13.9. The summed E-state index contributed by atoms with van der Waals surface area (Å²) in [6, 6.07) is 19.9. The molecule has 0 unspecified atom stereocenters. The summed E-state index contributed by atoms with van der Waals surface area (Å²) in [4.78, 5) is 0. The second kappa shape index (κ2) is 8.16. The molecule has 0 saturated heterocycles. The molecule has 0 spiro atoms. The van der Waals surface area contributed by atoms with E-state index in [1.807, 2.05) is 12.1 Å². The Labute approximate surface area is 140 Å². The maximum atomic E-state index is 5.78. The summed E-state index contributed by atoms with van der Waals surface area (Å²) in [5.41, 5.74) is 9.55. The van der Waals surface area contributed by atoms with Gasteiger partial charge < -0.3 is 11.1 Å². The number of benzene rings is 2. The molecule has 0 atom stereocenters. The van der Waals surface area contributed by atoms with E-state index in [0.29, 0.717) is 6.04 Å². The highest BCUT2D eigenvalue weighted by Gasteiger charge is 2.21. The molecule has 1 saturated carbocycles. The minimum absolute atomic E-state index is 0.704. The molecule has 23 heavy (non-hydrogen) atoms. The van der Waals surface area contributed by atoms with Crippen LogP contribution in [0.4, 0.5) is 5.69 Å². The Bertz CT molecular complexity index is 569. The lowest BCUT2D eigenvalue weighted by molar-refractivity contribution is 0.342. The lowest BCUT2D eigenvalue weighted by atomic mass is 9.81. The van der Waals surface area contributed by atoms with Gasteiger partial charge >= 0.3 is 0 Å². The SMILES string of the molecule is Nc1ccc([C@H]2CC[C@H](NCCCc3ccccc3)CC2)cc1. The number of aryl methyl sites for hydroxylation is 1. The van der Waals surface area contributed by atoms with Gasteiger partial charge in [-0.05, 0) is 74.2 Å². The van der Waals surface area contributed by atoms with Gasteiger partial charge in [-0.2, -0.15) is 0 Å². The molecule has 0 amide bonds. The van der Waals surface area contributed by atoms with Crippen molar-refractivity contribution in [3.05, 3.63) is 65.7 Å². The van der Waals surface area contributed by atoms with Gasteiger partial charge in [0.25, 0.3) is 0 Å². The van der Waals surface area contributed by atoms with Crippen LogP contribution < -0.4 is 11.1 Å². The molecule has 0 radical (unpaired) electrons. The summed E-state index contributed by atoms with van der Waals surface area (Å²) in [6.07, 6.45) is 7.57. The molecule has 3 rings (SSSR count). The van der Waals surface area contributed by atoms with E-state index in [9.17, 15) is 0 Å². The zero-order chi connectivity index (χ0) is 15.9. The van der Waals surface area contributed by atoms with Crippen LogP contribution in [-0.2, 0) is 6.42 Å². The molecule has 0 heterocycles. The number of nitrogens with one attached hydrogen (secondary N) is 1. The van der Waals surface area contributed by atoms with Gasteiger partial charge in [-0.1, -0.05) is 42.5 Å². The van der Waals surface area contributed by atoms with Gasteiger partial charge in [0, 0.05) is 11.7 Å². The summed E-state index contributed by atoms with van der Waals surface area (Å²) in [7, 11) is 0. The molecular weight excluding hydrogens is 280 g/mol. The third-order valence-corrected chi connectivity index (χ3v) is 5.05. The van der Waals surface area contributed by atoms with E-state index in [1.54, 1.807) is 0 Å². The molecule has 2 aromatic carbocycles. The van der Waals surface area contributed by atoms with E-state index in [2.05, 4.69) is 47.8 Å². The van der Waals surface area contributed by atoms with Crippen molar-refractivity contribution in [3.63, 3.8) is 0 Å². The monoisotopic (exact) mass is 308 g/mol. The quantitative estimate of drug-likeness (QED) is 0.608. The standard InChI is InChI=1S/C21H28N2/c22-20-12-8-18(9-13-20)19-10-14-21(15-11-19)23-16-4-7-17-5-2-1-3-6-17/h1-3,5-6,8-9,12-13,19,21,23H,4,7,10-11,14-16,22H2/t19-,21-. The van der Waals surface area contributed by atoms with Crippen molar-refractivity contribution in [2.75, 3.05) is 12.3 Å². The van der Waals surface area contributed by atoms with Crippen LogP contribution in [0.5, 0.6) is 0 Å². The molecule has 2 heteroatoms. The number of hydrogen-bond donors (Lipinski definition) is 2. The summed E-state index contributed by atoms with van der Waals surface area (Å²) in [6.45, 7) is 1.13. The van der Waals surface area contributed by atoms with Gasteiger partial charge in [0.1, 0.15) is 0 Å². The van der Waals surface area contributed by atoms with Crippen molar-refractivity contribution in [2.24, 2.45) is 0 Å². The predicted octanol–water partition coefficient (Wildman–Crippen LogP) is 4.52. The highest BCUT2D eigenvalue weighted by atomic mass is 14.9. The van der Waals surface area contributed by atoms with Gasteiger partial charge in [0.2, 0.25) is 0 Å². The highest BCUT2D eigenvalue weighted by molar-refractivity contribution is 5.40. The van der Waals surface area contributed by atoms with Crippen LogP contribution >= 0.6 is 0 Å². The lowest BCUT2D eigenvalue weighted by Gasteiger charge is -2.29. The fraction of sp³-hybridized carbons (Fsp3) is 0.429. The van der Waals surface area contributed by atoms with E-state index in [0.717, 1.165) is 18.2 Å². The third-order valence-electron chi connectivity index (χ3n) is 5.05. The van der Waals surface area contributed by atoms with Crippen molar-refractivity contribution >= 4 is 5.69 Å². The minimum atomic E-state index is 0.704. The van der Waals surface area contributed by atoms with Gasteiger partial charge in [-0.3, -0.25) is 0 Å². The fourth-order valence-corrected chi connectivity index (χ4v) is 3.64. The molecule has 0 aliphatic heterocycles. The first kappa shape index (κ1) is 16.1. The first-order valence-electron chi connectivity index (χ1n) is 8.94. The van der Waals surface area contributed by atoms with Gasteiger partial charge in [0.15, 0.2) is 0 Å². The molecular formula is C21H28N2. The molecule has 2 nitrogen and oxygen atoms in total. The lowest BCUT2D eigenvalue weighted by Crippen LogP contribution is -2.33. The Morgan fingerprint density at radius 2 is 1.57 bits per heavy atom. The average molecular weight is 308 g/mol. The molecule has 0 aromatic heterocycles. The average Bonchev–Trinajstić information content (AvgIpc) is 2.61. The van der Waals surface area contributed by atoms with Crippen LogP contribution in [0, 0.1) is 0 Å². The van der Waals surface area contributed by atoms with Gasteiger partial charge in [-0.25, -0.2) is 0 Å². The second-order valence-electron chi connectivity index (χ2n) is 6.76. The van der Waals surface area contributed by atoms with Crippen molar-refractivity contribution in [3.8, 4) is 0 Å². The first-order valence-corrected chi connectivity index (χ1v) is 8.94. The van der Waals surface area contributed by atoms with Crippen molar-refractivity contribution in [2.45, 2.75) is 50.5 Å². The van der Waals surface area contributed by atoms with Crippen LogP contribution in [0.25, 0.3) is 0 Å². The molecule has 1 aliphatic carbocycles. The Balaban J connectivity index is 1.35. The van der Waals surface area contributed by atoms with Gasteiger partial charge in [0.05, 0.1) is 0 Å². The van der Waals surface area contributed by atoms with Crippen LogP contribution in [-0.4, -0.2) is 12.6 Å². The van der Waals surface area contributed by atoms with E-state index in [1.165, 1.54) is 49.7 Å². The number of rotatable bonds is 6. The maximum absolute atomic E-state index is 5.78. The Morgan fingerprint density at radius 1 is 0.870 bits per heavy atom. The first-order chi connectivity index (χ1) is 11.3. The topological polar surface area (TPSA) is 38.0 Å². The molecule has 1 fully saturated rings. The van der Waals surface area contributed by atoms with Crippen molar-refractivity contribution in [1.82, 2.24) is 5.32 Å². The van der Waals surface area contributed by atoms with Crippen LogP contribution in [0.3, 0.4) is 0 Å². The predicted molar refractivity (Wildman–Crippen MR) is 98.6 cm³/mol. The van der Waals surface area contributed by atoms with E-state index in [-0.39, 0.29) is 0 Å². The number of nitrogen functional groups attached to an aromatic ring is 1. The normalized spacial score (nSPS) is 21.2. The van der Waals surface area contributed by atoms with Gasteiger partial charge in [-0.15, -0.1) is 0 Å². The van der Waals surface area contributed by atoms with Crippen molar-refractivity contribution < 1.29 is 0 Å². The number of nitrogens with two attached hydrogens (primary N) is 1. The van der Waals surface area contributed by atoms with E-state index in [4.69, 9.17) is 5.73 Å². The summed E-state index contributed by atoms with van der Waals surface area (Å²) >= 11 is 0. The summed E-state index contributed by atoms with van der Waals surface area (Å²) in [5.74, 6) is 0.720. The van der Waals surface area contributed by atoms with Crippen LogP contribution in [0.2, 0.25) is 0 Å². The Morgan fingerprint density at radius 3 is 2.26 bits per heavy atom. The fourth-order valence-electron chi connectivity index (χ4n) is 3.64. The number of anilines is 1. The Kier molecular flexibility index (Phi) is 5.71. The van der Waals surface area contributed by atoms with E-state index < -0.39 is 0 Å². The molecule has 0 bridgehead atoms. The largest absolute Gasteiger partial charge is 0.399 e. The molecule has 1 aliphatic rings. The van der Waals surface area contributed by atoms with E-state index >= 15 is 0 Å². The van der Waals surface area contributed by atoms with Crippen LogP contribution in [0.1, 0.15) is 49.1 Å². The summed E-state index contributed by atoms with van der Waals surface area (Å²) in [5, 5.41) is 3.75. The molecule has 2 aromatic rings. The highest BCUT2D eigenvalue weighted by Crippen LogP contribution is 2.33. The maximum Gasteiger partial charge on any atom is 0.0314 e. The minimum Gasteiger partial charge on any atom is -0.399 e. The molecule has 122 valence electrons. The smallest absolute Gasteiger partial charge is 0.0314 e. The number of hydrogen-bond acceptors (Lipinski definition) is 2. The third kappa shape index (κ3) is 4.84. The van der Waals surface area contributed by atoms with Crippen molar-refractivity contribution in [1.29, 1.82) is 0 Å². The summed E-state index contributed by atoms with van der Waals surface area (Å²) < 4.78 is 0. The second-order valence-corrected chi connectivity index (χ2v) is 6.76. The zero-order valence-electron chi connectivity index (χ0n) is 13.9. The Hall–Kier alpha value is -1.80.